The van der Waals surface area contributed by atoms with Crippen LogP contribution in [0.3, 0.4) is 0 Å². The molecule has 0 radical (unpaired) electrons. The van der Waals surface area contributed by atoms with Gasteiger partial charge in [0, 0.05) is 11.5 Å². The third-order valence-electron chi connectivity index (χ3n) is 12.7. The van der Waals surface area contributed by atoms with Crippen molar-refractivity contribution in [2.75, 3.05) is 0 Å². The summed E-state index contributed by atoms with van der Waals surface area (Å²) in [5.41, 5.74) is 2.23. The second kappa shape index (κ2) is 5.98. The van der Waals surface area contributed by atoms with E-state index in [9.17, 15) is 9.59 Å². The highest BCUT2D eigenvalue weighted by Crippen LogP contribution is 2.73. The van der Waals surface area contributed by atoms with Crippen LogP contribution in [0.5, 0.6) is 0 Å². The van der Waals surface area contributed by atoms with Crippen LogP contribution in [0.1, 0.15) is 75.7 Å². The van der Waals surface area contributed by atoms with Gasteiger partial charge in [0.05, 0.1) is 17.5 Å². The highest BCUT2D eigenvalue weighted by atomic mass is 16.2. The van der Waals surface area contributed by atoms with E-state index in [0.29, 0.717) is 5.92 Å². The Morgan fingerprint density at radius 2 is 1.62 bits per heavy atom. The average Bonchev–Trinajstić information content (AvgIpc) is 3.36. The predicted molar refractivity (Wildman–Crippen MR) is 144 cm³/mol. The molecule has 5 nitrogen and oxygen atoms in total. The zero-order valence-corrected chi connectivity index (χ0v) is 21.8. The molecule has 2 aliphatic heterocycles. The summed E-state index contributed by atoms with van der Waals surface area (Å²) >= 11 is 0. The molecular formula is C32H33N3O2. The Hall–Kier alpha value is -3.08. The lowest BCUT2D eigenvalue weighted by Crippen LogP contribution is -2.67. The minimum absolute atomic E-state index is 0.0259. The Morgan fingerprint density at radius 3 is 2.32 bits per heavy atom. The Bertz CT molecular complexity index is 1750. The van der Waals surface area contributed by atoms with Crippen LogP contribution in [0.25, 0.3) is 10.8 Å². The maximum Gasteiger partial charge on any atom is 0.348 e. The predicted octanol–water partition coefficient (Wildman–Crippen LogP) is 5.46. The lowest BCUT2D eigenvalue weighted by atomic mass is 9.40. The molecule has 2 saturated carbocycles. The van der Waals surface area contributed by atoms with E-state index >= 15 is 0 Å². The molecule has 4 bridgehead atoms. The first-order valence-electron chi connectivity index (χ1n) is 14.1. The van der Waals surface area contributed by atoms with E-state index in [4.69, 9.17) is 0 Å². The third-order valence-corrected chi connectivity index (χ3v) is 12.7. The van der Waals surface area contributed by atoms with Gasteiger partial charge in [0.2, 0.25) is 0 Å². The standard InChI is InChI=1S/C32H33N3O2/c1-29(2)21-13-14-30(29,3)25(18-21)33-27(36)34-23-10-11-24(35(34)28(33)37)32-17-16-31(23,32)15-12-20-9-8-19-6-4-5-7-22(19)26(20)32/h4-11,16-17,21,23-25H,12-15,18H2,1-3H3/t21-,23-,24-,25-,30-,31+,32-/m1/s1. The van der Waals surface area contributed by atoms with Crippen LogP contribution in [0.2, 0.25) is 0 Å². The summed E-state index contributed by atoms with van der Waals surface area (Å²) in [6, 6.07) is 12.9. The number of hydrogen-bond acceptors (Lipinski definition) is 2. The zero-order chi connectivity index (χ0) is 25.1. The van der Waals surface area contributed by atoms with Crippen molar-refractivity contribution in [2.45, 2.75) is 76.4 Å². The van der Waals surface area contributed by atoms with Crippen molar-refractivity contribution in [2.24, 2.45) is 22.2 Å². The second-order valence-corrected chi connectivity index (χ2v) is 13.6. The van der Waals surface area contributed by atoms with Gasteiger partial charge in [-0.1, -0.05) is 81.5 Å². The van der Waals surface area contributed by atoms with Gasteiger partial charge in [0.15, 0.2) is 0 Å². The molecule has 7 atom stereocenters. The number of hydrogen-bond donors (Lipinski definition) is 0. The van der Waals surface area contributed by atoms with Crippen LogP contribution in [0, 0.1) is 22.2 Å². The molecule has 3 aromatic rings. The fourth-order valence-electron chi connectivity index (χ4n) is 10.4. The Balaban J connectivity index is 1.32. The quantitative estimate of drug-likeness (QED) is 0.425. The van der Waals surface area contributed by atoms with Gasteiger partial charge in [0.25, 0.3) is 0 Å². The van der Waals surface area contributed by atoms with E-state index in [2.05, 4.69) is 81.5 Å². The number of aryl methyl sites for hydroxylation is 1. The van der Waals surface area contributed by atoms with Gasteiger partial charge in [-0.25, -0.2) is 23.5 Å². The topological polar surface area (TPSA) is 48.9 Å². The molecule has 0 unspecified atom stereocenters. The van der Waals surface area contributed by atoms with Gasteiger partial charge >= 0.3 is 11.4 Å². The van der Waals surface area contributed by atoms with Gasteiger partial charge in [-0.15, -0.1) is 0 Å². The molecule has 5 heteroatoms. The van der Waals surface area contributed by atoms with Crippen LogP contribution in [0.15, 0.2) is 70.3 Å². The Labute approximate surface area is 216 Å². The van der Waals surface area contributed by atoms with Gasteiger partial charge in [-0.2, -0.15) is 0 Å². The smallest absolute Gasteiger partial charge is 0.246 e. The number of fused-ring (bicyclic) bond motifs is 5. The molecule has 0 spiro atoms. The van der Waals surface area contributed by atoms with E-state index in [1.54, 1.807) is 4.57 Å². The van der Waals surface area contributed by atoms with E-state index < -0.39 is 0 Å². The minimum Gasteiger partial charge on any atom is -0.246 e. The maximum atomic E-state index is 14.4. The van der Waals surface area contributed by atoms with Gasteiger partial charge in [-0.3, -0.25) is 0 Å². The van der Waals surface area contributed by atoms with Crippen molar-refractivity contribution in [3.05, 3.63) is 92.8 Å². The highest BCUT2D eigenvalue weighted by molar-refractivity contribution is 5.89. The molecular weight excluding hydrogens is 458 g/mol. The minimum atomic E-state index is -0.291. The van der Waals surface area contributed by atoms with Crippen molar-refractivity contribution in [1.29, 1.82) is 0 Å². The van der Waals surface area contributed by atoms with E-state index in [1.165, 1.54) is 28.3 Å². The molecule has 7 aliphatic rings. The number of rotatable bonds is 1. The van der Waals surface area contributed by atoms with Crippen LogP contribution in [-0.4, -0.2) is 13.9 Å². The summed E-state index contributed by atoms with van der Waals surface area (Å²) in [4.78, 5) is 28.7. The summed E-state index contributed by atoms with van der Waals surface area (Å²) in [5.74, 6) is 0.571. The number of allylic oxidation sites excluding steroid dienone is 4. The fraction of sp³-hybridized carbons (Fsp3) is 0.500. The van der Waals surface area contributed by atoms with E-state index in [-0.39, 0.29) is 51.2 Å². The molecule has 10 rings (SSSR count). The van der Waals surface area contributed by atoms with Gasteiger partial charge < -0.3 is 0 Å². The molecule has 37 heavy (non-hydrogen) atoms. The summed E-state index contributed by atoms with van der Waals surface area (Å²) in [6.45, 7) is 7.04. The normalized spacial score (nSPS) is 40.8. The molecule has 2 fully saturated rings. The van der Waals surface area contributed by atoms with Crippen molar-refractivity contribution < 1.29 is 0 Å². The molecule has 188 valence electrons. The fourth-order valence-corrected chi connectivity index (χ4v) is 10.4. The molecule has 0 amide bonds. The maximum absolute atomic E-state index is 14.4. The largest absolute Gasteiger partial charge is 0.348 e. The van der Waals surface area contributed by atoms with Crippen LogP contribution in [-0.2, 0) is 11.8 Å². The van der Waals surface area contributed by atoms with E-state index in [1.807, 2.05) is 9.36 Å². The SMILES string of the molecule is CC1(C)[C@@H]2CC[C@]1(C)[C@H](n1c(=O)n3n(c1=O)[C@@H]1C=C[C@@H]3[C@@]34C=C[C@@]13CCc1ccc3ccccc3c14)C2. The Morgan fingerprint density at radius 1 is 0.865 bits per heavy atom. The van der Waals surface area contributed by atoms with Crippen LogP contribution >= 0.6 is 0 Å². The number of nitrogens with zero attached hydrogens (tertiary/aromatic N) is 3. The summed E-state index contributed by atoms with van der Waals surface area (Å²) in [5, 5.41) is 2.54. The van der Waals surface area contributed by atoms with Crippen molar-refractivity contribution in [3.63, 3.8) is 0 Å². The first kappa shape index (κ1) is 20.9. The average molecular weight is 492 g/mol. The van der Waals surface area contributed by atoms with E-state index in [0.717, 1.165) is 25.7 Å². The first-order chi connectivity index (χ1) is 17.8. The van der Waals surface area contributed by atoms with Crippen molar-refractivity contribution in [1.82, 2.24) is 13.9 Å². The van der Waals surface area contributed by atoms with Gasteiger partial charge in [0.1, 0.15) is 0 Å². The summed E-state index contributed by atoms with van der Waals surface area (Å²) in [7, 11) is 0. The lowest BCUT2D eigenvalue weighted by molar-refractivity contribution is -0.00618. The van der Waals surface area contributed by atoms with Crippen LogP contribution in [0.4, 0.5) is 0 Å². The van der Waals surface area contributed by atoms with Gasteiger partial charge in [-0.05, 0) is 70.8 Å². The monoisotopic (exact) mass is 491 g/mol. The third kappa shape index (κ3) is 1.89. The summed E-state index contributed by atoms with van der Waals surface area (Å²) in [6.07, 6.45) is 14.5. The van der Waals surface area contributed by atoms with Crippen LogP contribution < -0.4 is 11.4 Å². The zero-order valence-electron chi connectivity index (χ0n) is 21.8. The molecule has 5 aliphatic carbocycles. The first-order valence-corrected chi connectivity index (χ1v) is 14.1. The second-order valence-electron chi connectivity index (χ2n) is 13.6. The van der Waals surface area contributed by atoms with Crippen molar-refractivity contribution >= 4 is 10.8 Å². The molecule has 1 aromatic heterocycles. The molecule has 2 aromatic carbocycles. The highest BCUT2D eigenvalue weighted by Gasteiger charge is 2.71. The summed E-state index contributed by atoms with van der Waals surface area (Å²) < 4.78 is 5.43. The van der Waals surface area contributed by atoms with Crippen molar-refractivity contribution in [3.8, 4) is 0 Å². The molecule has 3 heterocycles. The lowest BCUT2D eigenvalue weighted by Gasteiger charge is -2.67. The Kier molecular flexibility index (Phi) is 3.38. The number of aromatic nitrogens is 3. The number of benzene rings is 2. The molecule has 0 saturated heterocycles. The molecule has 0 N–H and O–H groups in total.